The van der Waals surface area contributed by atoms with Gasteiger partial charge in [0.1, 0.15) is 0 Å². The number of carbonyl (C=O) groups is 1. The average molecular weight is 421 g/mol. The second-order valence-electron chi connectivity index (χ2n) is 6.36. The first-order valence-electron chi connectivity index (χ1n) is 7.92. The van der Waals surface area contributed by atoms with Gasteiger partial charge in [-0.1, -0.05) is 11.6 Å². The van der Waals surface area contributed by atoms with Crippen LogP contribution in [-0.4, -0.2) is 42.9 Å². The third-order valence-electron chi connectivity index (χ3n) is 4.40. The maximum atomic E-state index is 12.9. The number of nitrogens with zero attached hydrogens (tertiary/aromatic N) is 3. The highest BCUT2D eigenvalue weighted by Crippen LogP contribution is 2.32. The zero-order chi connectivity index (χ0) is 17.3. The van der Waals surface area contributed by atoms with Gasteiger partial charge in [-0.15, -0.1) is 24.8 Å². The van der Waals surface area contributed by atoms with E-state index in [1.54, 1.807) is 10.7 Å². The Morgan fingerprint density at radius 2 is 2.08 bits per heavy atom. The Kier molecular flexibility index (Phi) is 8.21. The third-order valence-corrected chi connectivity index (χ3v) is 4.64. The minimum atomic E-state index is -0.136. The van der Waals surface area contributed by atoms with Crippen molar-refractivity contribution < 1.29 is 4.79 Å². The Labute approximate surface area is 171 Å². The summed E-state index contributed by atoms with van der Waals surface area (Å²) in [5, 5.41) is 11.2. The average Bonchev–Trinajstić information content (AvgIpc) is 3.15. The SMILES string of the molecule is CN(C)c1ccc(Cl)cc1NC(=O)[C@H]1CNC[C@@H]1c1cnn(C)c1.Cl.Cl. The zero-order valence-corrected chi connectivity index (χ0v) is 17.3. The molecule has 0 radical (unpaired) electrons. The Balaban J connectivity index is 0.00000169. The summed E-state index contributed by atoms with van der Waals surface area (Å²) in [4.78, 5) is 14.8. The van der Waals surface area contributed by atoms with Crippen LogP contribution in [0.4, 0.5) is 11.4 Å². The van der Waals surface area contributed by atoms with Crippen LogP contribution in [0.15, 0.2) is 30.6 Å². The standard InChI is InChI=1S/C17H22ClN5O.2ClH/c1-22(2)16-5-4-12(18)6-15(16)21-17(24)14-9-19-8-13(14)11-7-20-23(3)10-11;;/h4-7,10,13-14,19H,8-9H2,1-3H3,(H,21,24);2*1H/t13-,14+;;/m1../s1. The molecular formula is C17H24Cl3N5O. The van der Waals surface area contributed by atoms with Gasteiger partial charge in [0, 0.05) is 51.4 Å². The molecule has 1 aliphatic rings. The van der Waals surface area contributed by atoms with Gasteiger partial charge in [0.25, 0.3) is 0 Å². The van der Waals surface area contributed by atoms with Crippen molar-refractivity contribution in [2.24, 2.45) is 13.0 Å². The van der Waals surface area contributed by atoms with Gasteiger partial charge in [0.15, 0.2) is 0 Å². The third kappa shape index (κ3) is 4.82. The zero-order valence-electron chi connectivity index (χ0n) is 14.9. The molecule has 3 rings (SSSR count). The molecule has 144 valence electrons. The first-order chi connectivity index (χ1) is 11.5. The number of hydrogen-bond acceptors (Lipinski definition) is 4. The summed E-state index contributed by atoms with van der Waals surface area (Å²) in [6, 6.07) is 5.52. The lowest BCUT2D eigenvalue weighted by Gasteiger charge is -2.21. The van der Waals surface area contributed by atoms with Crippen molar-refractivity contribution in [2.45, 2.75) is 5.92 Å². The van der Waals surface area contributed by atoms with Crippen molar-refractivity contribution in [1.82, 2.24) is 15.1 Å². The molecule has 1 fully saturated rings. The number of nitrogens with one attached hydrogen (secondary N) is 2. The maximum Gasteiger partial charge on any atom is 0.229 e. The van der Waals surface area contributed by atoms with E-state index in [0.29, 0.717) is 11.6 Å². The van der Waals surface area contributed by atoms with Gasteiger partial charge in [0.2, 0.25) is 5.91 Å². The number of aromatic nitrogens is 2. The van der Waals surface area contributed by atoms with Gasteiger partial charge in [-0.3, -0.25) is 9.48 Å². The van der Waals surface area contributed by atoms with Gasteiger partial charge in [-0.05, 0) is 23.8 Å². The molecule has 1 aromatic carbocycles. The first kappa shape index (κ1) is 22.6. The van der Waals surface area contributed by atoms with Crippen molar-refractivity contribution in [3.63, 3.8) is 0 Å². The Morgan fingerprint density at radius 3 is 2.69 bits per heavy atom. The summed E-state index contributed by atoms with van der Waals surface area (Å²) in [5.74, 6) is -0.0110. The fraction of sp³-hybridized carbons (Fsp3) is 0.412. The van der Waals surface area contributed by atoms with E-state index in [-0.39, 0.29) is 42.6 Å². The van der Waals surface area contributed by atoms with Gasteiger partial charge in [-0.2, -0.15) is 5.10 Å². The second-order valence-corrected chi connectivity index (χ2v) is 6.80. The number of hydrogen-bond donors (Lipinski definition) is 2. The molecule has 2 aromatic rings. The molecule has 0 bridgehead atoms. The highest BCUT2D eigenvalue weighted by molar-refractivity contribution is 6.31. The van der Waals surface area contributed by atoms with E-state index in [0.717, 1.165) is 23.5 Å². The van der Waals surface area contributed by atoms with Gasteiger partial charge < -0.3 is 15.5 Å². The minimum absolute atomic E-state index is 0. The van der Waals surface area contributed by atoms with E-state index in [2.05, 4.69) is 15.7 Å². The molecule has 2 atom stereocenters. The van der Waals surface area contributed by atoms with E-state index < -0.39 is 0 Å². The molecule has 26 heavy (non-hydrogen) atoms. The molecule has 0 spiro atoms. The summed E-state index contributed by atoms with van der Waals surface area (Å²) < 4.78 is 1.77. The first-order valence-corrected chi connectivity index (χ1v) is 8.30. The fourth-order valence-electron chi connectivity index (χ4n) is 3.16. The molecule has 1 aliphatic heterocycles. The predicted molar refractivity (Wildman–Crippen MR) is 111 cm³/mol. The summed E-state index contributed by atoms with van der Waals surface area (Å²) in [5.41, 5.74) is 2.74. The number of aryl methyl sites for hydroxylation is 1. The molecule has 0 saturated carbocycles. The lowest BCUT2D eigenvalue weighted by molar-refractivity contribution is -0.119. The van der Waals surface area contributed by atoms with Crippen LogP contribution in [0.25, 0.3) is 0 Å². The Bertz CT molecular complexity index is 750. The second kappa shape index (κ2) is 9.46. The van der Waals surface area contributed by atoms with Crippen LogP contribution in [-0.2, 0) is 11.8 Å². The monoisotopic (exact) mass is 419 g/mol. The molecule has 1 aromatic heterocycles. The number of benzene rings is 1. The molecule has 1 saturated heterocycles. The van der Waals surface area contributed by atoms with Crippen LogP contribution >= 0.6 is 36.4 Å². The molecule has 0 unspecified atom stereocenters. The maximum absolute atomic E-state index is 12.9. The molecular weight excluding hydrogens is 397 g/mol. The smallest absolute Gasteiger partial charge is 0.229 e. The van der Waals surface area contributed by atoms with E-state index in [4.69, 9.17) is 11.6 Å². The van der Waals surface area contributed by atoms with E-state index in [1.807, 2.05) is 50.6 Å². The Morgan fingerprint density at radius 1 is 1.35 bits per heavy atom. The quantitative estimate of drug-likeness (QED) is 0.798. The molecule has 6 nitrogen and oxygen atoms in total. The number of anilines is 2. The topological polar surface area (TPSA) is 62.2 Å². The lowest BCUT2D eigenvalue weighted by Crippen LogP contribution is -2.28. The summed E-state index contributed by atoms with van der Waals surface area (Å²) in [6.45, 7) is 1.43. The van der Waals surface area contributed by atoms with Crippen LogP contribution < -0.4 is 15.5 Å². The highest BCUT2D eigenvalue weighted by atomic mass is 35.5. The number of halogens is 3. The van der Waals surface area contributed by atoms with Gasteiger partial charge >= 0.3 is 0 Å². The molecule has 2 N–H and O–H groups in total. The van der Waals surface area contributed by atoms with Crippen molar-refractivity contribution in [3.05, 3.63) is 41.2 Å². The number of rotatable bonds is 4. The molecule has 2 heterocycles. The normalized spacial score (nSPS) is 18.6. The van der Waals surface area contributed by atoms with Gasteiger partial charge in [-0.25, -0.2) is 0 Å². The molecule has 0 aliphatic carbocycles. The lowest BCUT2D eigenvalue weighted by atomic mass is 9.90. The summed E-state index contributed by atoms with van der Waals surface area (Å²) in [7, 11) is 5.76. The summed E-state index contributed by atoms with van der Waals surface area (Å²) >= 11 is 6.10. The number of carbonyl (C=O) groups excluding carboxylic acids is 1. The van der Waals surface area contributed by atoms with Crippen LogP contribution in [0.3, 0.4) is 0 Å². The highest BCUT2D eigenvalue weighted by Gasteiger charge is 2.35. The molecule has 9 heteroatoms. The van der Waals surface area contributed by atoms with Crippen molar-refractivity contribution in [2.75, 3.05) is 37.4 Å². The van der Waals surface area contributed by atoms with Gasteiger partial charge in [0.05, 0.1) is 23.5 Å². The minimum Gasteiger partial charge on any atom is -0.376 e. The van der Waals surface area contributed by atoms with Crippen LogP contribution in [0.5, 0.6) is 0 Å². The fourth-order valence-corrected chi connectivity index (χ4v) is 3.33. The molecule has 1 amide bonds. The van der Waals surface area contributed by atoms with Crippen molar-refractivity contribution >= 4 is 53.7 Å². The largest absolute Gasteiger partial charge is 0.376 e. The predicted octanol–water partition coefficient (Wildman–Crippen LogP) is 2.92. The summed E-state index contributed by atoms with van der Waals surface area (Å²) in [6.07, 6.45) is 3.81. The van der Waals surface area contributed by atoms with Crippen molar-refractivity contribution in [3.8, 4) is 0 Å². The van der Waals surface area contributed by atoms with Crippen LogP contribution in [0, 0.1) is 5.92 Å². The van der Waals surface area contributed by atoms with Crippen LogP contribution in [0.1, 0.15) is 11.5 Å². The van der Waals surface area contributed by atoms with E-state index >= 15 is 0 Å². The van der Waals surface area contributed by atoms with E-state index in [1.165, 1.54) is 0 Å². The Hall–Kier alpha value is -1.47. The van der Waals surface area contributed by atoms with Crippen LogP contribution in [0.2, 0.25) is 5.02 Å². The number of amides is 1. The van der Waals surface area contributed by atoms with Crippen molar-refractivity contribution in [1.29, 1.82) is 0 Å². The van der Waals surface area contributed by atoms with E-state index in [9.17, 15) is 4.79 Å².